The van der Waals surface area contributed by atoms with Crippen molar-refractivity contribution in [2.75, 3.05) is 40.5 Å². The molecule has 1 fully saturated rings. The first-order valence-corrected chi connectivity index (χ1v) is 13.3. The molecule has 1 aliphatic rings. The number of benzene rings is 1. The van der Waals surface area contributed by atoms with E-state index in [1.807, 2.05) is 13.0 Å². The average molecular weight is 585 g/mol. The fourth-order valence-corrected chi connectivity index (χ4v) is 5.45. The Hall–Kier alpha value is -4.23. The Bertz CT molecular complexity index is 1570. The first kappa shape index (κ1) is 29.3. The number of hydrogen-bond donors (Lipinski definition) is 1. The molecule has 0 saturated carbocycles. The van der Waals surface area contributed by atoms with Crippen LogP contribution in [0.25, 0.3) is 16.9 Å². The summed E-state index contributed by atoms with van der Waals surface area (Å²) in [5.74, 6) is 0.544. The number of ether oxygens (including phenoxy) is 2. The van der Waals surface area contributed by atoms with Gasteiger partial charge in [-0.15, -0.1) is 0 Å². The van der Waals surface area contributed by atoms with Gasteiger partial charge in [0.1, 0.15) is 11.3 Å². The van der Waals surface area contributed by atoms with E-state index in [1.165, 1.54) is 21.1 Å². The maximum atomic E-state index is 14.3. The molecular formula is C29H31F3N6O4. The number of hydrogen-bond acceptors (Lipinski definition) is 8. The van der Waals surface area contributed by atoms with Crippen LogP contribution in [0.1, 0.15) is 40.1 Å². The fourth-order valence-electron chi connectivity index (χ4n) is 5.45. The summed E-state index contributed by atoms with van der Waals surface area (Å²) in [7, 11) is 3.02. The summed E-state index contributed by atoms with van der Waals surface area (Å²) in [6.45, 7) is 4.21. The summed E-state index contributed by atoms with van der Waals surface area (Å²) in [5, 5.41) is 14.1. The number of aromatic nitrogens is 4. The zero-order chi connectivity index (χ0) is 30.2. The molecule has 4 heterocycles. The first-order chi connectivity index (χ1) is 20.1. The van der Waals surface area contributed by atoms with Gasteiger partial charge in [-0.2, -0.15) is 18.3 Å². The predicted molar refractivity (Wildman–Crippen MR) is 147 cm³/mol. The first-order valence-electron chi connectivity index (χ1n) is 13.3. The molecule has 0 aliphatic carbocycles. The lowest BCUT2D eigenvalue weighted by molar-refractivity contribution is -0.143. The highest BCUT2D eigenvalue weighted by atomic mass is 19.4. The minimum absolute atomic E-state index is 0.0198. The van der Waals surface area contributed by atoms with E-state index < -0.39 is 17.8 Å². The van der Waals surface area contributed by atoms with E-state index in [1.54, 1.807) is 41.4 Å². The molecule has 42 heavy (non-hydrogen) atoms. The highest BCUT2D eigenvalue weighted by Gasteiger charge is 2.39. The maximum Gasteiger partial charge on any atom is 0.433 e. The molecule has 0 bridgehead atoms. The predicted octanol–water partition coefficient (Wildman–Crippen LogP) is 4.02. The molecule has 1 unspecified atom stereocenters. The second kappa shape index (κ2) is 11.6. The highest BCUT2D eigenvalue weighted by Crippen LogP contribution is 2.37. The molecule has 1 N–H and O–H groups in total. The Balaban J connectivity index is 1.46. The molecule has 4 aromatic rings. The number of carbonyl (C=O) groups excluding carboxylic acids is 1. The monoisotopic (exact) mass is 584 g/mol. The quantitative estimate of drug-likeness (QED) is 0.348. The molecule has 2 atom stereocenters. The Morgan fingerprint density at radius 3 is 2.40 bits per heavy atom. The van der Waals surface area contributed by atoms with Crippen molar-refractivity contribution in [2.45, 2.75) is 32.1 Å². The fraction of sp³-hybridized carbons (Fsp3) is 0.379. The van der Waals surface area contributed by atoms with Crippen LogP contribution < -0.4 is 9.47 Å². The normalized spacial score (nSPS) is 17.0. The number of halogens is 3. The van der Waals surface area contributed by atoms with Gasteiger partial charge in [-0.3, -0.25) is 9.69 Å². The van der Waals surface area contributed by atoms with Crippen LogP contribution >= 0.6 is 0 Å². The molecule has 3 aromatic heterocycles. The number of amides is 1. The van der Waals surface area contributed by atoms with Gasteiger partial charge in [0.05, 0.1) is 38.8 Å². The van der Waals surface area contributed by atoms with Crippen LogP contribution in [-0.4, -0.2) is 86.9 Å². The van der Waals surface area contributed by atoms with E-state index >= 15 is 0 Å². The molecule has 13 heteroatoms. The summed E-state index contributed by atoms with van der Waals surface area (Å²) < 4.78 is 53.9. The SMILES string of the molecule is COc1ccc(-c2nc3c(C(=O)N4CCN(C(CO)c5ccc(OC)nc5)C[C@H]4C)cnn3c(C(F)(F)F)c2C)cc1. The number of nitrogens with zero attached hydrogens (tertiary/aromatic N) is 6. The van der Waals surface area contributed by atoms with E-state index in [0.717, 1.165) is 11.8 Å². The summed E-state index contributed by atoms with van der Waals surface area (Å²) >= 11 is 0. The second-order valence-electron chi connectivity index (χ2n) is 10.1. The van der Waals surface area contributed by atoms with Gasteiger partial charge in [-0.1, -0.05) is 6.07 Å². The number of piperazine rings is 1. The smallest absolute Gasteiger partial charge is 0.433 e. The molecule has 5 rings (SSSR count). The Labute approximate surface area is 240 Å². The van der Waals surface area contributed by atoms with E-state index in [2.05, 4.69) is 20.0 Å². The number of fused-ring (bicyclic) bond motifs is 1. The maximum absolute atomic E-state index is 14.3. The Morgan fingerprint density at radius 2 is 1.83 bits per heavy atom. The standard InChI is InChI=1S/C29H31F3N6O4/c1-17-15-36(23(16-39)20-7-10-24(42-4)33-13-20)11-12-37(17)28(40)22-14-34-38-26(29(30,31)32)18(2)25(35-27(22)38)19-5-8-21(41-3)9-6-19/h5-10,13-14,17,23,39H,11-12,15-16H2,1-4H3/t17-,23?/m1/s1. The minimum atomic E-state index is -4.74. The van der Waals surface area contributed by atoms with Crippen LogP contribution in [0.3, 0.4) is 0 Å². The van der Waals surface area contributed by atoms with Gasteiger partial charge >= 0.3 is 6.18 Å². The number of rotatable bonds is 7. The van der Waals surface area contributed by atoms with Crippen molar-refractivity contribution in [3.8, 4) is 22.9 Å². The van der Waals surface area contributed by atoms with Gasteiger partial charge in [0, 0.05) is 49.1 Å². The van der Waals surface area contributed by atoms with Crippen LogP contribution in [0.5, 0.6) is 11.6 Å². The molecule has 1 amide bonds. The van der Waals surface area contributed by atoms with Crippen LogP contribution in [0.4, 0.5) is 13.2 Å². The lowest BCUT2D eigenvalue weighted by atomic mass is 10.0. The minimum Gasteiger partial charge on any atom is -0.497 e. The second-order valence-corrected chi connectivity index (χ2v) is 10.1. The van der Waals surface area contributed by atoms with Gasteiger partial charge in [0.2, 0.25) is 5.88 Å². The Kier molecular flexibility index (Phi) is 8.06. The third-order valence-electron chi connectivity index (χ3n) is 7.63. The average Bonchev–Trinajstić information content (AvgIpc) is 3.40. The van der Waals surface area contributed by atoms with Crippen molar-refractivity contribution in [2.24, 2.45) is 0 Å². The third-order valence-corrected chi connectivity index (χ3v) is 7.63. The number of carbonyl (C=O) groups is 1. The molecule has 1 aromatic carbocycles. The van der Waals surface area contributed by atoms with Gasteiger partial charge in [0.25, 0.3) is 5.91 Å². The van der Waals surface area contributed by atoms with E-state index in [4.69, 9.17) is 9.47 Å². The summed E-state index contributed by atoms with van der Waals surface area (Å²) in [6.07, 6.45) is -1.95. The van der Waals surface area contributed by atoms with Gasteiger partial charge in [-0.25, -0.2) is 14.5 Å². The molecule has 0 radical (unpaired) electrons. The van der Waals surface area contributed by atoms with Crippen molar-refractivity contribution in [3.63, 3.8) is 0 Å². The van der Waals surface area contributed by atoms with Crippen molar-refractivity contribution >= 4 is 11.6 Å². The van der Waals surface area contributed by atoms with E-state index in [0.29, 0.717) is 41.3 Å². The van der Waals surface area contributed by atoms with Gasteiger partial charge < -0.3 is 19.5 Å². The van der Waals surface area contributed by atoms with E-state index in [9.17, 15) is 23.1 Å². The Morgan fingerprint density at radius 1 is 1.10 bits per heavy atom. The van der Waals surface area contributed by atoms with Crippen LogP contribution in [0.2, 0.25) is 0 Å². The topological polar surface area (TPSA) is 105 Å². The largest absolute Gasteiger partial charge is 0.497 e. The van der Waals surface area contributed by atoms with Crippen LogP contribution in [0.15, 0.2) is 48.8 Å². The van der Waals surface area contributed by atoms with Crippen molar-refractivity contribution in [1.82, 2.24) is 29.4 Å². The van der Waals surface area contributed by atoms with Crippen molar-refractivity contribution in [1.29, 1.82) is 0 Å². The lowest BCUT2D eigenvalue weighted by Crippen LogP contribution is -2.55. The molecule has 1 aliphatic heterocycles. The molecule has 222 valence electrons. The van der Waals surface area contributed by atoms with Gasteiger partial charge in [-0.05, 0) is 43.7 Å². The number of pyridine rings is 1. The number of aliphatic hydroxyl groups excluding tert-OH is 1. The summed E-state index contributed by atoms with van der Waals surface area (Å²) in [5.41, 5.74) is 0.0685. The van der Waals surface area contributed by atoms with Gasteiger partial charge in [0.15, 0.2) is 11.3 Å². The zero-order valence-corrected chi connectivity index (χ0v) is 23.6. The van der Waals surface area contributed by atoms with Crippen LogP contribution in [0, 0.1) is 6.92 Å². The van der Waals surface area contributed by atoms with Crippen LogP contribution in [-0.2, 0) is 6.18 Å². The molecule has 0 spiro atoms. The summed E-state index contributed by atoms with van der Waals surface area (Å²) in [4.78, 5) is 26.2. The van der Waals surface area contributed by atoms with Crippen molar-refractivity contribution < 1.29 is 32.5 Å². The summed E-state index contributed by atoms with van der Waals surface area (Å²) in [6, 6.07) is 9.43. The zero-order valence-electron chi connectivity index (χ0n) is 23.6. The number of alkyl halides is 3. The van der Waals surface area contributed by atoms with E-state index in [-0.39, 0.29) is 41.2 Å². The third kappa shape index (κ3) is 5.37. The molecule has 10 nitrogen and oxygen atoms in total. The molecule has 1 saturated heterocycles. The number of aliphatic hydroxyl groups is 1. The highest BCUT2D eigenvalue weighted by molar-refractivity contribution is 6.00. The number of methoxy groups -OCH3 is 2. The molecular weight excluding hydrogens is 553 g/mol. The van der Waals surface area contributed by atoms with Crippen molar-refractivity contribution in [3.05, 3.63) is 71.2 Å². The lowest BCUT2D eigenvalue weighted by Gasteiger charge is -2.42.